The number of nitrogens with zero attached hydrogens (tertiary/aromatic N) is 2. The third-order valence-corrected chi connectivity index (χ3v) is 9.05. The summed E-state index contributed by atoms with van der Waals surface area (Å²) in [5, 5.41) is 24.1. The number of benzene rings is 3. The van der Waals surface area contributed by atoms with E-state index in [2.05, 4.69) is 5.32 Å². The van der Waals surface area contributed by atoms with Gasteiger partial charge in [-0.3, -0.25) is 14.4 Å². The van der Waals surface area contributed by atoms with Crippen molar-refractivity contribution in [3.8, 4) is 5.75 Å². The van der Waals surface area contributed by atoms with E-state index in [0.717, 1.165) is 28.8 Å². The van der Waals surface area contributed by atoms with E-state index in [1.807, 2.05) is 0 Å². The SMILES string of the molecule is Cc1c(O)cccc1C(=O)N[C@@H](Cc1ccccc1)[C@H](O)C(=O)N1CSC(C)(C)[C@H]1C(=O)N(C(F)c1ccccc1)C(F)(F)F. The molecule has 0 saturated carbocycles. The lowest BCUT2D eigenvalue weighted by Crippen LogP contribution is -2.61. The molecule has 240 valence electrons. The van der Waals surface area contributed by atoms with Gasteiger partial charge in [0, 0.05) is 21.4 Å². The van der Waals surface area contributed by atoms with Crippen LogP contribution in [0.15, 0.2) is 78.9 Å². The van der Waals surface area contributed by atoms with Crippen molar-refractivity contribution in [3.63, 3.8) is 0 Å². The molecule has 3 amide bonds. The Morgan fingerprint density at radius 3 is 2.22 bits per heavy atom. The van der Waals surface area contributed by atoms with Gasteiger partial charge in [0.2, 0.25) is 6.30 Å². The zero-order chi connectivity index (χ0) is 33.1. The first-order valence-electron chi connectivity index (χ1n) is 14.0. The van der Waals surface area contributed by atoms with Crippen LogP contribution in [0, 0.1) is 6.92 Å². The van der Waals surface area contributed by atoms with Crippen molar-refractivity contribution in [3.05, 3.63) is 101 Å². The Morgan fingerprint density at radius 1 is 1.02 bits per heavy atom. The zero-order valence-corrected chi connectivity index (χ0v) is 25.5. The Balaban J connectivity index is 1.67. The molecule has 1 aliphatic rings. The molecule has 4 rings (SSSR count). The Kier molecular flexibility index (Phi) is 10.1. The molecule has 1 aliphatic heterocycles. The normalized spacial score (nSPS) is 18.1. The van der Waals surface area contributed by atoms with Gasteiger partial charge >= 0.3 is 6.30 Å². The van der Waals surface area contributed by atoms with E-state index in [9.17, 15) is 37.8 Å². The molecule has 0 bridgehead atoms. The number of thioether (sulfide) groups is 1. The first kappa shape index (κ1) is 33.8. The molecule has 13 heteroatoms. The Bertz CT molecular complexity index is 1520. The molecular formula is C32H33F4N3O5S. The number of carbonyl (C=O) groups is 3. The first-order valence-corrected chi connectivity index (χ1v) is 15.0. The number of phenols is 1. The van der Waals surface area contributed by atoms with Gasteiger partial charge in [-0.1, -0.05) is 66.7 Å². The highest BCUT2D eigenvalue weighted by Crippen LogP contribution is 2.44. The first-order chi connectivity index (χ1) is 21.1. The maximum Gasteiger partial charge on any atom is 0.489 e. The van der Waals surface area contributed by atoms with E-state index in [-0.39, 0.29) is 29.2 Å². The second-order valence-corrected chi connectivity index (χ2v) is 12.8. The number of aliphatic hydroxyl groups excluding tert-OH is 1. The maximum absolute atomic E-state index is 15.4. The maximum atomic E-state index is 15.4. The molecule has 0 radical (unpaired) electrons. The summed E-state index contributed by atoms with van der Waals surface area (Å²) in [6.45, 7) is 4.42. The van der Waals surface area contributed by atoms with Gasteiger partial charge in [0.25, 0.3) is 17.7 Å². The molecule has 4 atom stereocenters. The number of halogens is 4. The van der Waals surface area contributed by atoms with Crippen molar-refractivity contribution in [2.75, 3.05) is 5.88 Å². The number of carbonyl (C=O) groups excluding carboxylic acids is 3. The van der Waals surface area contributed by atoms with Gasteiger partial charge in [0.15, 0.2) is 6.10 Å². The standard InChI is InChI=1S/C32H33F4N3O5S/c1-19-22(15-10-16-24(19)40)28(42)37-23(17-20-11-6-4-7-12-20)25(41)29(43)38-18-45-31(2,3)26(38)30(44)39(32(34,35)36)27(33)21-13-8-5-9-14-21/h4-16,23,25-27,40-41H,17-18H2,1-3H3,(H,37,42)/t23-,25-,26+,27?/m0/s1. The summed E-state index contributed by atoms with van der Waals surface area (Å²) in [5.41, 5.74) is 0.549. The minimum atomic E-state index is -5.44. The molecule has 8 nitrogen and oxygen atoms in total. The quantitative estimate of drug-likeness (QED) is 0.220. The predicted molar refractivity (Wildman–Crippen MR) is 161 cm³/mol. The van der Waals surface area contributed by atoms with Gasteiger partial charge in [0.1, 0.15) is 11.8 Å². The molecule has 3 N–H and O–H groups in total. The molecule has 1 heterocycles. The van der Waals surface area contributed by atoms with Gasteiger partial charge < -0.3 is 20.4 Å². The molecule has 0 spiro atoms. The molecule has 1 fully saturated rings. The number of amides is 3. The number of alkyl halides is 4. The molecule has 3 aromatic carbocycles. The number of phenolic OH excluding ortho intramolecular Hbond substituents is 1. The smallest absolute Gasteiger partial charge is 0.489 e. The van der Waals surface area contributed by atoms with Crippen LogP contribution in [0.1, 0.15) is 47.2 Å². The highest BCUT2D eigenvalue weighted by molar-refractivity contribution is 8.00. The van der Waals surface area contributed by atoms with Crippen LogP contribution < -0.4 is 5.32 Å². The second-order valence-electron chi connectivity index (χ2n) is 11.2. The summed E-state index contributed by atoms with van der Waals surface area (Å²) in [7, 11) is 0. The van der Waals surface area contributed by atoms with Crippen LogP contribution in [-0.2, 0) is 16.0 Å². The lowest BCUT2D eigenvalue weighted by atomic mass is 9.96. The van der Waals surface area contributed by atoms with Crippen molar-refractivity contribution < 1.29 is 42.2 Å². The summed E-state index contributed by atoms with van der Waals surface area (Å²) in [6.07, 6.45) is -10.4. The number of rotatable bonds is 9. The van der Waals surface area contributed by atoms with Crippen molar-refractivity contribution in [2.45, 2.75) is 62.7 Å². The van der Waals surface area contributed by atoms with Gasteiger partial charge in [-0.25, -0.2) is 9.29 Å². The van der Waals surface area contributed by atoms with E-state index in [0.29, 0.717) is 5.56 Å². The highest BCUT2D eigenvalue weighted by Gasteiger charge is 2.57. The third-order valence-electron chi connectivity index (χ3n) is 7.67. The Hall–Kier alpha value is -4.10. The molecule has 3 aromatic rings. The van der Waals surface area contributed by atoms with E-state index in [1.165, 1.54) is 57.2 Å². The Labute approximate surface area is 262 Å². The minimum absolute atomic E-state index is 0.0599. The van der Waals surface area contributed by atoms with Gasteiger partial charge in [-0.2, -0.15) is 0 Å². The van der Waals surface area contributed by atoms with Crippen LogP contribution in [0.5, 0.6) is 5.75 Å². The van der Waals surface area contributed by atoms with Crippen molar-refractivity contribution in [2.24, 2.45) is 0 Å². The number of aromatic hydroxyl groups is 1. The van der Waals surface area contributed by atoms with Crippen LogP contribution in [0.3, 0.4) is 0 Å². The number of aliphatic hydroxyl groups is 1. The molecule has 45 heavy (non-hydrogen) atoms. The average molecular weight is 648 g/mol. The lowest BCUT2D eigenvalue weighted by Gasteiger charge is -2.38. The van der Waals surface area contributed by atoms with Crippen LogP contribution in [0.4, 0.5) is 17.6 Å². The van der Waals surface area contributed by atoms with E-state index >= 15 is 4.39 Å². The van der Waals surface area contributed by atoms with E-state index in [4.69, 9.17) is 0 Å². The van der Waals surface area contributed by atoms with Crippen molar-refractivity contribution in [1.29, 1.82) is 0 Å². The van der Waals surface area contributed by atoms with Crippen LogP contribution in [-0.4, -0.2) is 72.8 Å². The average Bonchev–Trinajstić information content (AvgIpc) is 3.32. The molecule has 1 saturated heterocycles. The van der Waals surface area contributed by atoms with Crippen molar-refractivity contribution >= 4 is 29.5 Å². The summed E-state index contributed by atoms with van der Waals surface area (Å²) >= 11 is 0.997. The zero-order valence-electron chi connectivity index (χ0n) is 24.7. The topological polar surface area (TPSA) is 110 Å². The third kappa shape index (κ3) is 7.42. The lowest BCUT2D eigenvalue weighted by molar-refractivity contribution is -0.267. The van der Waals surface area contributed by atoms with E-state index < -0.39 is 63.7 Å². The second kappa shape index (κ2) is 13.5. The fourth-order valence-electron chi connectivity index (χ4n) is 5.21. The Morgan fingerprint density at radius 2 is 1.62 bits per heavy atom. The van der Waals surface area contributed by atoms with Crippen molar-refractivity contribution in [1.82, 2.24) is 15.1 Å². The van der Waals surface area contributed by atoms with Gasteiger partial charge in [-0.15, -0.1) is 24.9 Å². The summed E-state index contributed by atoms with van der Waals surface area (Å²) in [4.78, 5) is 40.7. The molecule has 0 aromatic heterocycles. The molecule has 0 aliphatic carbocycles. The minimum Gasteiger partial charge on any atom is -0.508 e. The summed E-state index contributed by atoms with van der Waals surface area (Å²) in [6, 6.07) is 16.1. The van der Waals surface area contributed by atoms with Gasteiger partial charge in [0.05, 0.1) is 11.9 Å². The summed E-state index contributed by atoms with van der Waals surface area (Å²) in [5.74, 6) is -3.95. The molecular weight excluding hydrogens is 614 g/mol. The van der Waals surface area contributed by atoms with E-state index in [1.54, 1.807) is 30.3 Å². The number of nitrogens with one attached hydrogen (secondary N) is 1. The fraction of sp³-hybridized carbons (Fsp3) is 0.344. The van der Waals surface area contributed by atoms with Gasteiger partial charge in [-0.05, 0) is 44.9 Å². The fourth-order valence-corrected chi connectivity index (χ4v) is 6.35. The largest absolute Gasteiger partial charge is 0.508 e. The predicted octanol–water partition coefficient (Wildman–Crippen LogP) is 5.10. The highest BCUT2D eigenvalue weighted by atomic mass is 32.2. The van der Waals surface area contributed by atoms with Crippen LogP contribution in [0.25, 0.3) is 0 Å². The summed E-state index contributed by atoms with van der Waals surface area (Å²) < 4.78 is 57.0. The molecule has 1 unspecified atom stereocenters. The monoisotopic (exact) mass is 647 g/mol. The van der Waals surface area contributed by atoms with Crippen LogP contribution in [0.2, 0.25) is 0 Å². The number of hydrogen-bond donors (Lipinski definition) is 3. The van der Waals surface area contributed by atoms with Crippen LogP contribution >= 0.6 is 11.8 Å². The number of hydrogen-bond acceptors (Lipinski definition) is 6.